The van der Waals surface area contributed by atoms with Crippen molar-refractivity contribution in [3.05, 3.63) is 75.5 Å². The first-order valence-corrected chi connectivity index (χ1v) is 13.5. The minimum Gasteiger partial charge on any atom is -0.368 e. The number of nitro benzene ring substituents is 1. The van der Waals surface area contributed by atoms with Crippen LogP contribution >= 0.6 is 11.3 Å². The fourth-order valence-corrected chi connectivity index (χ4v) is 5.37. The minimum absolute atomic E-state index is 0.0569. The summed E-state index contributed by atoms with van der Waals surface area (Å²) in [6, 6.07) is 12.8. The number of anilines is 3. The molecule has 11 nitrogen and oxygen atoms in total. The molecule has 3 heterocycles. The van der Waals surface area contributed by atoms with Gasteiger partial charge in [-0.1, -0.05) is 12.1 Å². The molecule has 204 valence electrons. The number of rotatable bonds is 7. The molecule has 2 fully saturated rings. The van der Waals surface area contributed by atoms with Crippen molar-refractivity contribution in [2.45, 2.75) is 0 Å². The first-order valence-electron chi connectivity index (χ1n) is 12.6. The van der Waals surface area contributed by atoms with Gasteiger partial charge < -0.3 is 20.0 Å². The molecule has 1 aromatic heterocycles. The first-order chi connectivity index (χ1) is 18.9. The Morgan fingerprint density at radius 3 is 2.28 bits per heavy atom. The number of para-hydroxylation sites is 1. The zero-order valence-electron chi connectivity index (χ0n) is 21.2. The Bertz CT molecular complexity index is 1340. The molecule has 2 aromatic carbocycles. The molecule has 2 aliphatic heterocycles. The molecule has 0 bridgehead atoms. The number of thiazole rings is 1. The van der Waals surface area contributed by atoms with Crippen molar-refractivity contribution >= 4 is 45.3 Å². The van der Waals surface area contributed by atoms with Gasteiger partial charge in [0.2, 0.25) is 5.91 Å². The minimum atomic E-state index is -0.418. The summed E-state index contributed by atoms with van der Waals surface area (Å²) in [7, 11) is 0. The van der Waals surface area contributed by atoms with E-state index in [4.69, 9.17) is 0 Å². The van der Waals surface area contributed by atoms with E-state index in [1.54, 1.807) is 40.6 Å². The van der Waals surface area contributed by atoms with E-state index < -0.39 is 10.7 Å². The largest absolute Gasteiger partial charge is 0.368 e. The number of amides is 2. The molecule has 2 amide bonds. The summed E-state index contributed by atoms with van der Waals surface area (Å²) in [4.78, 5) is 48.4. The number of aromatic nitrogens is 1. The van der Waals surface area contributed by atoms with Crippen molar-refractivity contribution in [2.24, 2.45) is 0 Å². The summed E-state index contributed by atoms with van der Waals surface area (Å²) in [6.45, 7) is 4.95. The number of non-ortho nitro benzene ring substituents is 1. The molecule has 13 heteroatoms. The van der Waals surface area contributed by atoms with Gasteiger partial charge >= 0.3 is 0 Å². The SMILES string of the molecule is O=C(CN1CCN(C(=O)c2csc(Nc3ccccc3F)n2)CC1)N1CCN(c2ccc([N+](=O)[O-])cc2)CC1. The monoisotopic (exact) mass is 553 g/mol. The molecule has 0 aliphatic carbocycles. The summed E-state index contributed by atoms with van der Waals surface area (Å²) in [5.74, 6) is -0.514. The van der Waals surface area contributed by atoms with Crippen LogP contribution in [0, 0.1) is 15.9 Å². The molecule has 0 atom stereocenters. The fraction of sp³-hybridized carbons (Fsp3) is 0.346. The molecule has 0 unspecified atom stereocenters. The Hall–Kier alpha value is -4.10. The van der Waals surface area contributed by atoms with Crippen LogP contribution in [0.3, 0.4) is 0 Å². The lowest BCUT2D eigenvalue weighted by Crippen LogP contribution is -2.54. The summed E-state index contributed by atoms with van der Waals surface area (Å²) >= 11 is 1.24. The van der Waals surface area contributed by atoms with Crippen molar-refractivity contribution in [1.82, 2.24) is 19.7 Å². The second-order valence-electron chi connectivity index (χ2n) is 9.35. The van der Waals surface area contributed by atoms with E-state index in [1.165, 1.54) is 29.5 Å². The highest BCUT2D eigenvalue weighted by atomic mass is 32.1. The second kappa shape index (κ2) is 11.7. The van der Waals surface area contributed by atoms with Crippen LogP contribution in [-0.4, -0.2) is 95.3 Å². The van der Waals surface area contributed by atoms with Gasteiger partial charge in [0.1, 0.15) is 11.5 Å². The average Bonchev–Trinajstić information content (AvgIpc) is 3.43. The number of carbonyl (C=O) groups is 2. The quantitative estimate of drug-likeness (QED) is 0.351. The number of benzene rings is 2. The number of hydrogen-bond donors (Lipinski definition) is 1. The highest BCUT2D eigenvalue weighted by Crippen LogP contribution is 2.24. The van der Waals surface area contributed by atoms with E-state index in [2.05, 4.69) is 20.1 Å². The Morgan fingerprint density at radius 1 is 0.949 bits per heavy atom. The fourth-order valence-electron chi connectivity index (χ4n) is 4.67. The van der Waals surface area contributed by atoms with Crippen LogP contribution in [0.15, 0.2) is 53.9 Å². The van der Waals surface area contributed by atoms with Crippen LogP contribution in [0.25, 0.3) is 0 Å². The van der Waals surface area contributed by atoms with E-state index in [-0.39, 0.29) is 17.5 Å². The number of halogens is 1. The zero-order chi connectivity index (χ0) is 27.4. The smallest absolute Gasteiger partial charge is 0.273 e. The first kappa shape index (κ1) is 26.5. The maximum Gasteiger partial charge on any atom is 0.273 e. The van der Waals surface area contributed by atoms with Crippen LogP contribution < -0.4 is 10.2 Å². The van der Waals surface area contributed by atoms with Crippen LogP contribution in [0.2, 0.25) is 0 Å². The van der Waals surface area contributed by atoms with Crippen molar-refractivity contribution in [1.29, 1.82) is 0 Å². The molecule has 0 spiro atoms. The predicted octanol–water partition coefficient (Wildman–Crippen LogP) is 3.04. The summed E-state index contributed by atoms with van der Waals surface area (Å²) in [5.41, 5.74) is 1.58. The number of nitro groups is 1. The van der Waals surface area contributed by atoms with Gasteiger partial charge in [-0.3, -0.25) is 24.6 Å². The molecule has 0 saturated carbocycles. The Balaban J connectivity index is 1.06. The third kappa shape index (κ3) is 6.32. The number of hydrogen-bond acceptors (Lipinski definition) is 9. The van der Waals surface area contributed by atoms with E-state index in [0.29, 0.717) is 75.4 Å². The Morgan fingerprint density at radius 2 is 1.62 bits per heavy atom. The Labute approximate surface area is 228 Å². The van der Waals surface area contributed by atoms with Crippen LogP contribution in [0.5, 0.6) is 0 Å². The van der Waals surface area contributed by atoms with Crippen molar-refractivity contribution < 1.29 is 18.9 Å². The van der Waals surface area contributed by atoms with E-state index in [0.717, 1.165) is 5.69 Å². The van der Waals surface area contributed by atoms with Gasteiger partial charge in [-0.2, -0.15) is 0 Å². The molecule has 0 radical (unpaired) electrons. The van der Waals surface area contributed by atoms with Gasteiger partial charge in [0.15, 0.2) is 5.13 Å². The van der Waals surface area contributed by atoms with Gasteiger partial charge in [-0.25, -0.2) is 9.37 Å². The predicted molar refractivity (Wildman–Crippen MR) is 146 cm³/mol. The molecular weight excluding hydrogens is 525 g/mol. The standard InChI is InChI=1S/C26H28FN7O4S/c27-21-3-1-2-4-22(21)28-26-29-23(18-39-26)25(36)33-11-9-30(10-12-33)17-24(35)32-15-13-31(14-16-32)19-5-7-20(8-6-19)34(37)38/h1-8,18H,9-17H2,(H,28,29). The lowest BCUT2D eigenvalue weighted by molar-refractivity contribution is -0.384. The lowest BCUT2D eigenvalue weighted by atomic mass is 10.2. The zero-order valence-corrected chi connectivity index (χ0v) is 22.0. The Kier molecular flexibility index (Phi) is 7.98. The summed E-state index contributed by atoms with van der Waals surface area (Å²) in [5, 5.41) is 15.9. The van der Waals surface area contributed by atoms with Gasteiger partial charge in [-0.15, -0.1) is 11.3 Å². The third-order valence-corrected chi connectivity index (χ3v) is 7.67. The molecule has 3 aromatic rings. The molecule has 5 rings (SSSR count). The van der Waals surface area contributed by atoms with Gasteiger partial charge in [-0.05, 0) is 24.3 Å². The van der Waals surface area contributed by atoms with E-state index in [9.17, 15) is 24.1 Å². The van der Waals surface area contributed by atoms with E-state index >= 15 is 0 Å². The molecular formula is C26H28FN7O4S. The number of nitrogens with one attached hydrogen (secondary N) is 1. The molecule has 2 saturated heterocycles. The normalized spacial score (nSPS) is 16.3. The van der Waals surface area contributed by atoms with Crippen molar-refractivity contribution in [3.63, 3.8) is 0 Å². The van der Waals surface area contributed by atoms with Crippen LogP contribution in [0.1, 0.15) is 10.5 Å². The van der Waals surface area contributed by atoms with Gasteiger partial charge in [0.05, 0.1) is 17.2 Å². The van der Waals surface area contributed by atoms with Crippen molar-refractivity contribution in [2.75, 3.05) is 69.1 Å². The van der Waals surface area contributed by atoms with Gasteiger partial charge in [0, 0.05) is 75.6 Å². The maximum atomic E-state index is 13.9. The summed E-state index contributed by atoms with van der Waals surface area (Å²) in [6.07, 6.45) is 0. The summed E-state index contributed by atoms with van der Waals surface area (Å²) < 4.78 is 13.9. The van der Waals surface area contributed by atoms with E-state index in [1.807, 2.05) is 4.90 Å². The number of piperazine rings is 2. The van der Waals surface area contributed by atoms with Crippen LogP contribution in [0.4, 0.5) is 26.6 Å². The molecule has 39 heavy (non-hydrogen) atoms. The average molecular weight is 554 g/mol. The third-order valence-electron chi connectivity index (χ3n) is 6.92. The lowest BCUT2D eigenvalue weighted by Gasteiger charge is -2.38. The second-order valence-corrected chi connectivity index (χ2v) is 10.2. The highest BCUT2D eigenvalue weighted by Gasteiger charge is 2.27. The number of carbonyl (C=O) groups excluding carboxylic acids is 2. The molecule has 1 N–H and O–H groups in total. The van der Waals surface area contributed by atoms with Crippen molar-refractivity contribution in [3.8, 4) is 0 Å². The van der Waals surface area contributed by atoms with Crippen LogP contribution in [-0.2, 0) is 4.79 Å². The maximum absolute atomic E-state index is 13.9. The number of nitrogens with zero attached hydrogens (tertiary/aromatic N) is 6. The topological polar surface area (TPSA) is 115 Å². The molecule has 2 aliphatic rings. The van der Waals surface area contributed by atoms with Gasteiger partial charge in [0.25, 0.3) is 11.6 Å². The highest BCUT2D eigenvalue weighted by molar-refractivity contribution is 7.14.